The van der Waals surface area contributed by atoms with Gasteiger partial charge in [0.15, 0.2) is 6.61 Å². The minimum Gasteiger partial charge on any atom is -0.478 e. The molecule has 0 saturated heterocycles. The molecule has 0 aromatic carbocycles. The molecule has 0 saturated carbocycles. The Morgan fingerprint density at radius 2 is 2.33 bits per heavy atom. The van der Waals surface area contributed by atoms with Crippen molar-refractivity contribution in [2.45, 2.75) is 26.6 Å². The van der Waals surface area contributed by atoms with Crippen LogP contribution in [0.3, 0.4) is 0 Å². The van der Waals surface area contributed by atoms with Crippen LogP contribution in [0.2, 0.25) is 0 Å². The lowest BCUT2D eigenvalue weighted by atomic mass is 10.4. The van der Waals surface area contributed by atoms with Crippen LogP contribution >= 0.6 is 0 Å². The van der Waals surface area contributed by atoms with E-state index in [1.165, 1.54) is 6.07 Å². The van der Waals surface area contributed by atoms with Crippen molar-refractivity contribution in [3.63, 3.8) is 0 Å². The zero-order valence-corrected chi connectivity index (χ0v) is 9.75. The Morgan fingerprint density at radius 3 is 2.94 bits per heavy atom. The van der Waals surface area contributed by atoms with Gasteiger partial charge >= 0.3 is 0 Å². The first-order valence-corrected chi connectivity index (χ1v) is 5.39. The summed E-state index contributed by atoms with van der Waals surface area (Å²) in [5.41, 5.74) is -0.371. The van der Waals surface area contributed by atoms with Crippen LogP contribution in [0, 0.1) is 0 Å². The number of rotatable bonds is 5. The van der Waals surface area contributed by atoms with Gasteiger partial charge in [-0.15, -0.1) is 0 Å². The Bertz CT molecular complexity index is 575. The number of aliphatic hydroxyl groups is 1. The second kappa shape index (κ2) is 5.46. The minimum absolute atomic E-state index is 0.0206. The molecule has 0 fully saturated rings. The Hall–Kier alpha value is -2.15. The lowest BCUT2D eigenvalue weighted by molar-refractivity contribution is 0.234. The summed E-state index contributed by atoms with van der Waals surface area (Å²) in [5, 5.41) is 12.5. The van der Waals surface area contributed by atoms with E-state index in [1.807, 2.05) is 6.92 Å². The highest BCUT2D eigenvalue weighted by molar-refractivity contribution is 5.17. The fraction of sp³-hybridized carbons (Fsp3) is 0.364. The Kier molecular flexibility index (Phi) is 3.73. The van der Waals surface area contributed by atoms with Crippen molar-refractivity contribution in [3.05, 3.63) is 40.0 Å². The van der Waals surface area contributed by atoms with Gasteiger partial charge in [-0.05, 0) is 0 Å². The molecular formula is C11H12N2O5. The van der Waals surface area contributed by atoms with Crippen molar-refractivity contribution >= 4 is 0 Å². The van der Waals surface area contributed by atoms with Gasteiger partial charge in [0, 0.05) is 12.5 Å². The molecule has 0 aliphatic heterocycles. The predicted octanol–water partition coefficient (Wildman–Crippen LogP) is 0.656. The molecule has 0 unspecified atom stereocenters. The lowest BCUT2D eigenvalue weighted by Gasteiger charge is -2.01. The largest absolute Gasteiger partial charge is 0.478 e. The summed E-state index contributed by atoms with van der Waals surface area (Å²) >= 11 is 0. The van der Waals surface area contributed by atoms with Crippen LogP contribution in [-0.4, -0.2) is 15.2 Å². The van der Waals surface area contributed by atoms with Gasteiger partial charge in [-0.25, -0.2) is 0 Å². The van der Waals surface area contributed by atoms with E-state index >= 15 is 0 Å². The lowest BCUT2D eigenvalue weighted by Crippen LogP contribution is -2.08. The highest BCUT2D eigenvalue weighted by Crippen LogP contribution is 2.08. The third-order valence-electron chi connectivity index (χ3n) is 2.18. The fourth-order valence-electron chi connectivity index (χ4n) is 1.26. The second-order valence-electron chi connectivity index (χ2n) is 3.48. The first-order valence-electron chi connectivity index (χ1n) is 5.39. The molecule has 2 aromatic heterocycles. The fourth-order valence-corrected chi connectivity index (χ4v) is 1.26. The van der Waals surface area contributed by atoms with Gasteiger partial charge in [-0.1, -0.05) is 12.1 Å². The van der Waals surface area contributed by atoms with Crippen LogP contribution < -0.4 is 10.2 Å². The molecular weight excluding hydrogens is 240 g/mol. The number of aliphatic hydroxyl groups excluding tert-OH is 1. The summed E-state index contributed by atoms with van der Waals surface area (Å²) < 4.78 is 15.1. The summed E-state index contributed by atoms with van der Waals surface area (Å²) in [6.07, 6.45) is 1.79. The maximum atomic E-state index is 11.5. The minimum atomic E-state index is -0.371. The van der Waals surface area contributed by atoms with Crippen molar-refractivity contribution in [1.82, 2.24) is 10.1 Å². The molecule has 0 radical (unpaired) electrons. The van der Waals surface area contributed by atoms with Crippen LogP contribution in [0.1, 0.15) is 24.4 Å². The van der Waals surface area contributed by atoms with Gasteiger partial charge in [0.1, 0.15) is 18.6 Å². The zero-order valence-electron chi connectivity index (χ0n) is 9.75. The summed E-state index contributed by atoms with van der Waals surface area (Å²) in [7, 11) is 0. The number of ether oxygens (including phenoxy) is 1. The number of hydrogen-bond donors (Lipinski definition) is 1. The molecule has 0 bridgehead atoms. The van der Waals surface area contributed by atoms with E-state index in [-0.39, 0.29) is 30.2 Å². The highest BCUT2D eigenvalue weighted by Gasteiger charge is 2.08. The van der Waals surface area contributed by atoms with E-state index in [1.54, 1.807) is 0 Å². The SMILES string of the molecule is CCc1nc(COc2coc(CO)cc2=O)no1. The average molecular weight is 252 g/mol. The topological polar surface area (TPSA) is 98.6 Å². The molecule has 0 spiro atoms. The summed E-state index contributed by atoms with van der Waals surface area (Å²) in [5.74, 6) is 1.09. The first kappa shape index (κ1) is 12.3. The van der Waals surface area contributed by atoms with E-state index in [0.29, 0.717) is 18.1 Å². The van der Waals surface area contributed by atoms with E-state index in [0.717, 1.165) is 6.26 Å². The van der Waals surface area contributed by atoms with E-state index in [2.05, 4.69) is 10.1 Å². The molecule has 7 nitrogen and oxygen atoms in total. The van der Waals surface area contributed by atoms with Gasteiger partial charge in [0.05, 0.1) is 0 Å². The monoisotopic (exact) mass is 252 g/mol. The quantitative estimate of drug-likeness (QED) is 0.834. The van der Waals surface area contributed by atoms with E-state index in [4.69, 9.17) is 18.8 Å². The smallest absolute Gasteiger partial charge is 0.227 e. The van der Waals surface area contributed by atoms with Crippen molar-refractivity contribution in [3.8, 4) is 5.75 Å². The molecule has 0 amide bonds. The van der Waals surface area contributed by atoms with Crippen molar-refractivity contribution < 1.29 is 18.8 Å². The van der Waals surface area contributed by atoms with Crippen LogP contribution in [0.4, 0.5) is 0 Å². The molecule has 18 heavy (non-hydrogen) atoms. The average Bonchev–Trinajstić information content (AvgIpc) is 2.85. The Balaban J connectivity index is 2.04. The summed E-state index contributed by atoms with van der Waals surface area (Å²) in [6.45, 7) is 1.58. The molecule has 0 atom stereocenters. The molecule has 7 heteroatoms. The number of aromatic nitrogens is 2. The molecule has 1 N–H and O–H groups in total. The van der Waals surface area contributed by atoms with E-state index < -0.39 is 0 Å². The molecule has 2 aromatic rings. The normalized spacial score (nSPS) is 10.6. The van der Waals surface area contributed by atoms with Gasteiger partial charge in [0.25, 0.3) is 0 Å². The van der Waals surface area contributed by atoms with Crippen molar-refractivity contribution in [2.75, 3.05) is 0 Å². The summed E-state index contributed by atoms with van der Waals surface area (Å²) in [4.78, 5) is 15.6. The molecule has 0 aliphatic carbocycles. The number of hydrogen-bond acceptors (Lipinski definition) is 7. The molecule has 96 valence electrons. The third kappa shape index (κ3) is 2.75. The van der Waals surface area contributed by atoms with Crippen LogP contribution in [0.5, 0.6) is 5.75 Å². The molecule has 2 rings (SSSR count). The Labute approximate surface area is 102 Å². The summed E-state index contributed by atoms with van der Waals surface area (Å²) in [6, 6.07) is 1.17. The van der Waals surface area contributed by atoms with E-state index in [9.17, 15) is 4.79 Å². The van der Waals surface area contributed by atoms with Crippen LogP contribution in [-0.2, 0) is 19.6 Å². The molecule has 0 aliphatic rings. The maximum Gasteiger partial charge on any atom is 0.227 e. The van der Waals surface area contributed by atoms with Gasteiger partial charge in [-0.2, -0.15) is 4.98 Å². The van der Waals surface area contributed by atoms with Gasteiger partial charge in [-0.3, -0.25) is 4.79 Å². The zero-order chi connectivity index (χ0) is 13.0. The van der Waals surface area contributed by atoms with Crippen molar-refractivity contribution in [2.24, 2.45) is 0 Å². The number of nitrogens with zero attached hydrogens (tertiary/aromatic N) is 2. The highest BCUT2D eigenvalue weighted by atomic mass is 16.5. The van der Waals surface area contributed by atoms with Gasteiger partial charge < -0.3 is 18.8 Å². The van der Waals surface area contributed by atoms with Crippen LogP contribution in [0.25, 0.3) is 0 Å². The first-order chi connectivity index (χ1) is 8.72. The van der Waals surface area contributed by atoms with Crippen molar-refractivity contribution in [1.29, 1.82) is 0 Å². The predicted molar refractivity (Wildman–Crippen MR) is 58.9 cm³/mol. The standard InChI is InChI=1S/C11H12N2O5/c1-2-11-12-10(13-18-11)6-17-9-5-16-7(4-14)3-8(9)15/h3,5,14H,2,4,6H2,1H3. The molecule has 2 heterocycles. The second-order valence-corrected chi connectivity index (χ2v) is 3.48. The Morgan fingerprint density at radius 1 is 1.50 bits per heavy atom. The number of aryl methyl sites for hydroxylation is 1. The third-order valence-corrected chi connectivity index (χ3v) is 2.18. The van der Waals surface area contributed by atoms with Gasteiger partial charge in [0.2, 0.25) is 22.9 Å². The maximum absolute atomic E-state index is 11.5. The van der Waals surface area contributed by atoms with Crippen LogP contribution in [0.15, 0.2) is 26.1 Å².